The lowest BCUT2D eigenvalue weighted by molar-refractivity contribution is -0.223. The molecule has 112 valence electrons. The minimum atomic E-state index is -4.49. The van der Waals surface area contributed by atoms with Crippen LogP contribution in [0.5, 0.6) is 0 Å². The van der Waals surface area contributed by atoms with Crippen molar-refractivity contribution in [3.05, 3.63) is 29.8 Å². The highest BCUT2D eigenvalue weighted by molar-refractivity contribution is 5.93. The van der Waals surface area contributed by atoms with Crippen molar-refractivity contribution >= 4 is 11.6 Å². The van der Waals surface area contributed by atoms with E-state index >= 15 is 0 Å². The molecule has 20 heavy (non-hydrogen) atoms. The monoisotopic (exact) mass is 290 g/mol. The first kappa shape index (κ1) is 16.5. The Kier molecular flexibility index (Phi) is 5.52. The number of carbonyl (C=O) groups excluding carboxylic acids is 1. The van der Waals surface area contributed by atoms with Crippen LogP contribution in [0.3, 0.4) is 0 Å². The molecule has 0 heterocycles. The highest BCUT2D eigenvalue weighted by atomic mass is 19.4. The van der Waals surface area contributed by atoms with E-state index in [0.717, 1.165) is 12.5 Å². The average Bonchev–Trinajstić information content (AvgIpc) is 2.37. The zero-order chi connectivity index (χ0) is 15.3. The molecule has 0 aliphatic heterocycles. The van der Waals surface area contributed by atoms with Crippen LogP contribution in [0.1, 0.15) is 19.4 Å². The van der Waals surface area contributed by atoms with Gasteiger partial charge in [0.2, 0.25) is 0 Å². The lowest BCUT2D eigenvalue weighted by Gasteiger charge is -2.20. The number of rotatable bonds is 5. The topological polar surface area (TPSA) is 64.3 Å². The molecule has 4 nitrogen and oxygen atoms in total. The summed E-state index contributed by atoms with van der Waals surface area (Å²) in [5, 5.41) is 2.49. The van der Waals surface area contributed by atoms with Gasteiger partial charge in [-0.2, -0.15) is 13.2 Å². The molecule has 0 saturated carbocycles. The summed E-state index contributed by atoms with van der Waals surface area (Å²) in [7, 11) is 0. The number of benzene rings is 1. The predicted molar refractivity (Wildman–Crippen MR) is 69.0 cm³/mol. The predicted octanol–water partition coefficient (Wildman–Crippen LogP) is 2.44. The molecule has 2 unspecified atom stereocenters. The third-order valence-corrected chi connectivity index (χ3v) is 2.67. The average molecular weight is 290 g/mol. The molecule has 0 spiro atoms. The van der Waals surface area contributed by atoms with E-state index in [4.69, 9.17) is 5.73 Å². The van der Waals surface area contributed by atoms with Gasteiger partial charge in [0.25, 0.3) is 5.91 Å². The Bertz CT molecular complexity index is 463. The number of hydrogen-bond acceptors (Lipinski definition) is 3. The van der Waals surface area contributed by atoms with Gasteiger partial charge < -0.3 is 15.8 Å². The van der Waals surface area contributed by atoms with Crippen molar-refractivity contribution in [3.63, 3.8) is 0 Å². The van der Waals surface area contributed by atoms with Crippen molar-refractivity contribution in [1.82, 2.24) is 0 Å². The normalized spacial score (nSPS) is 14.7. The van der Waals surface area contributed by atoms with Crippen LogP contribution >= 0.6 is 0 Å². The van der Waals surface area contributed by atoms with E-state index in [1.807, 2.05) is 0 Å². The van der Waals surface area contributed by atoms with Crippen LogP contribution in [0.2, 0.25) is 0 Å². The molecule has 1 aromatic carbocycles. The zero-order valence-electron chi connectivity index (χ0n) is 11.2. The van der Waals surface area contributed by atoms with Crippen LogP contribution in [0.15, 0.2) is 24.3 Å². The molecule has 0 saturated heterocycles. The highest BCUT2D eigenvalue weighted by Crippen LogP contribution is 2.23. The maximum atomic E-state index is 12.3. The van der Waals surface area contributed by atoms with Gasteiger partial charge in [0.15, 0.2) is 6.10 Å². The maximum absolute atomic E-state index is 12.3. The molecule has 1 aromatic rings. The lowest BCUT2D eigenvalue weighted by Crippen LogP contribution is -2.37. The molecule has 3 N–H and O–H groups in total. The molecule has 0 bridgehead atoms. The smallest absolute Gasteiger partial charge is 0.356 e. The van der Waals surface area contributed by atoms with Crippen molar-refractivity contribution < 1.29 is 22.7 Å². The van der Waals surface area contributed by atoms with Gasteiger partial charge in [-0.05, 0) is 31.5 Å². The number of halogens is 3. The number of carbonyl (C=O) groups is 1. The minimum absolute atomic E-state index is 0.306. The van der Waals surface area contributed by atoms with E-state index < -0.39 is 24.3 Å². The fraction of sp³-hybridized carbons (Fsp3) is 0.462. The quantitative estimate of drug-likeness (QED) is 0.875. The number of alkyl halides is 3. The van der Waals surface area contributed by atoms with Crippen LogP contribution < -0.4 is 11.1 Å². The first-order valence-electron chi connectivity index (χ1n) is 6.06. The van der Waals surface area contributed by atoms with Crippen molar-refractivity contribution in [2.75, 3.05) is 5.32 Å². The summed E-state index contributed by atoms with van der Waals surface area (Å²) in [4.78, 5) is 11.7. The Morgan fingerprint density at radius 3 is 2.60 bits per heavy atom. The molecule has 1 rings (SSSR count). The Morgan fingerprint density at radius 2 is 2.05 bits per heavy atom. The number of nitrogens with one attached hydrogen (secondary N) is 1. The first-order chi connectivity index (χ1) is 9.24. The van der Waals surface area contributed by atoms with Crippen LogP contribution in [0, 0.1) is 0 Å². The summed E-state index contributed by atoms with van der Waals surface area (Å²) in [6.07, 6.45) is -7.71. The molecular weight excluding hydrogens is 273 g/mol. The third kappa shape index (κ3) is 4.82. The Hall–Kier alpha value is -1.60. The van der Waals surface area contributed by atoms with Gasteiger partial charge in [0, 0.05) is 12.2 Å². The minimum Gasteiger partial charge on any atom is -0.356 e. The second-order valence-electron chi connectivity index (χ2n) is 4.36. The molecule has 0 radical (unpaired) electrons. The second kappa shape index (κ2) is 6.71. The van der Waals surface area contributed by atoms with E-state index in [2.05, 4.69) is 10.1 Å². The van der Waals surface area contributed by atoms with E-state index in [1.54, 1.807) is 24.3 Å². The standard InChI is InChI=1S/C13H17F3N2O2/c1-8(20-9(2)13(14,15)16)12(19)18-11-5-3-4-10(6-11)7-17/h3-6,8-9H,7,17H2,1-2H3,(H,18,19). The van der Waals surface area contributed by atoms with Gasteiger partial charge >= 0.3 is 6.18 Å². The molecule has 0 aromatic heterocycles. The molecule has 2 atom stereocenters. The fourth-order valence-electron chi connectivity index (χ4n) is 1.47. The third-order valence-electron chi connectivity index (χ3n) is 2.67. The summed E-state index contributed by atoms with van der Waals surface area (Å²) < 4.78 is 41.6. The Balaban J connectivity index is 2.61. The fourth-order valence-corrected chi connectivity index (χ4v) is 1.47. The van der Waals surface area contributed by atoms with Gasteiger partial charge in [-0.1, -0.05) is 12.1 Å². The number of anilines is 1. The summed E-state index contributed by atoms with van der Waals surface area (Å²) in [5.41, 5.74) is 6.73. The number of hydrogen-bond donors (Lipinski definition) is 2. The maximum Gasteiger partial charge on any atom is 0.414 e. The Labute approximate surface area is 115 Å². The van der Waals surface area contributed by atoms with Crippen LogP contribution in [0.4, 0.5) is 18.9 Å². The second-order valence-corrected chi connectivity index (χ2v) is 4.36. The van der Waals surface area contributed by atoms with Crippen LogP contribution in [0.25, 0.3) is 0 Å². The number of amides is 1. The van der Waals surface area contributed by atoms with Crippen molar-refractivity contribution in [2.24, 2.45) is 5.73 Å². The van der Waals surface area contributed by atoms with Crippen LogP contribution in [-0.2, 0) is 16.1 Å². The molecule has 1 amide bonds. The largest absolute Gasteiger partial charge is 0.414 e. The summed E-state index contributed by atoms with van der Waals surface area (Å²) >= 11 is 0. The summed E-state index contributed by atoms with van der Waals surface area (Å²) in [6, 6.07) is 6.75. The zero-order valence-corrected chi connectivity index (χ0v) is 11.2. The van der Waals surface area contributed by atoms with Gasteiger partial charge in [-0.15, -0.1) is 0 Å². The van der Waals surface area contributed by atoms with Gasteiger partial charge in [-0.3, -0.25) is 4.79 Å². The highest BCUT2D eigenvalue weighted by Gasteiger charge is 2.38. The molecule has 0 aliphatic rings. The van der Waals surface area contributed by atoms with Crippen molar-refractivity contribution in [3.8, 4) is 0 Å². The molecule has 0 fully saturated rings. The molecule has 0 aliphatic carbocycles. The van der Waals surface area contributed by atoms with Gasteiger partial charge in [-0.25, -0.2) is 0 Å². The molecular formula is C13H17F3N2O2. The summed E-state index contributed by atoms with van der Waals surface area (Å²) in [5.74, 6) is -0.643. The number of ether oxygens (including phenoxy) is 1. The van der Waals surface area contributed by atoms with Crippen molar-refractivity contribution in [2.45, 2.75) is 38.8 Å². The SMILES string of the molecule is CC(OC(C)C(F)(F)F)C(=O)Nc1cccc(CN)c1. The summed E-state index contributed by atoms with van der Waals surface area (Å²) in [6.45, 7) is 2.43. The Morgan fingerprint density at radius 1 is 1.40 bits per heavy atom. The molecule has 7 heteroatoms. The lowest BCUT2D eigenvalue weighted by atomic mass is 10.2. The van der Waals surface area contributed by atoms with Gasteiger partial charge in [0.1, 0.15) is 6.10 Å². The van der Waals surface area contributed by atoms with E-state index in [-0.39, 0.29) is 0 Å². The van der Waals surface area contributed by atoms with Gasteiger partial charge in [0.05, 0.1) is 0 Å². The van der Waals surface area contributed by atoms with E-state index in [1.165, 1.54) is 6.92 Å². The van der Waals surface area contributed by atoms with E-state index in [0.29, 0.717) is 12.2 Å². The number of nitrogens with two attached hydrogens (primary N) is 1. The van der Waals surface area contributed by atoms with Crippen LogP contribution in [-0.4, -0.2) is 24.3 Å². The first-order valence-corrected chi connectivity index (χ1v) is 6.06. The van der Waals surface area contributed by atoms with E-state index in [9.17, 15) is 18.0 Å². The van der Waals surface area contributed by atoms with Crippen molar-refractivity contribution in [1.29, 1.82) is 0 Å².